The molecule has 7 nitrogen and oxygen atoms in total. The van der Waals surface area contributed by atoms with Crippen LogP contribution in [0.5, 0.6) is 0 Å². The van der Waals surface area contributed by atoms with E-state index in [4.69, 9.17) is 16.1 Å². The number of piperidine rings is 2. The number of carbonyl (C=O) groups excluding carboxylic acids is 1. The average molecular weight is 462 g/mol. The number of carbonyl (C=O) groups is 1. The van der Waals surface area contributed by atoms with Gasteiger partial charge in [-0.3, -0.25) is 9.48 Å². The van der Waals surface area contributed by atoms with E-state index in [0.29, 0.717) is 27.7 Å². The molecule has 2 aromatic heterocycles. The molecule has 0 aliphatic carbocycles. The largest absolute Gasteiger partial charge is 0.361 e. The summed E-state index contributed by atoms with van der Waals surface area (Å²) in [6, 6.07) is 1.82. The van der Waals surface area contributed by atoms with E-state index in [1.807, 2.05) is 17.9 Å². The van der Waals surface area contributed by atoms with Gasteiger partial charge in [-0.25, -0.2) is 0 Å². The van der Waals surface area contributed by atoms with Crippen LogP contribution in [0.3, 0.4) is 0 Å². The van der Waals surface area contributed by atoms with Crippen LogP contribution in [-0.4, -0.2) is 63.4 Å². The summed E-state index contributed by atoms with van der Waals surface area (Å²) in [5.74, 6) is 1.59. The minimum atomic E-state index is 0.116. The Bertz CT molecular complexity index is 932. The predicted molar refractivity (Wildman–Crippen MR) is 126 cm³/mol. The monoisotopic (exact) mass is 461 g/mol. The SMILES string of the molecule is Cc1cc(-c2nn(C)c(Cl)c2CC(=O)N2CCC3(CCN(CCC(C)C)CC3)CC2)no1. The number of aromatic nitrogens is 3. The highest BCUT2D eigenvalue weighted by Crippen LogP contribution is 2.41. The minimum Gasteiger partial charge on any atom is -0.361 e. The van der Waals surface area contributed by atoms with Crippen LogP contribution in [0.15, 0.2) is 10.6 Å². The second-order valence-corrected chi connectivity index (χ2v) is 10.5. The van der Waals surface area contributed by atoms with Crippen LogP contribution in [0.25, 0.3) is 11.4 Å². The van der Waals surface area contributed by atoms with E-state index in [9.17, 15) is 4.79 Å². The van der Waals surface area contributed by atoms with Gasteiger partial charge in [-0.05, 0) is 70.0 Å². The van der Waals surface area contributed by atoms with Crippen molar-refractivity contribution in [1.82, 2.24) is 24.7 Å². The van der Waals surface area contributed by atoms with Gasteiger partial charge in [0.1, 0.15) is 22.3 Å². The molecule has 1 spiro atoms. The van der Waals surface area contributed by atoms with Crippen molar-refractivity contribution in [3.8, 4) is 11.4 Å². The third-order valence-electron chi connectivity index (χ3n) is 7.38. The van der Waals surface area contributed by atoms with Gasteiger partial charge in [-0.1, -0.05) is 30.6 Å². The third-order valence-corrected chi connectivity index (χ3v) is 7.86. The standard InChI is InChI=1S/C24H36ClN5O2/c1-17(2)5-10-29-11-6-24(7-12-29)8-13-30(14-9-24)21(31)16-19-22(26-28(4)23(19)25)20-15-18(3)32-27-20/h15,17H,5-14,16H2,1-4H3. The van der Waals surface area contributed by atoms with Crippen LogP contribution in [0, 0.1) is 18.3 Å². The second kappa shape index (κ2) is 9.56. The maximum atomic E-state index is 13.2. The summed E-state index contributed by atoms with van der Waals surface area (Å²) >= 11 is 6.50. The van der Waals surface area contributed by atoms with Crippen LogP contribution < -0.4 is 0 Å². The highest BCUT2D eigenvalue weighted by molar-refractivity contribution is 6.31. The molecule has 176 valence electrons. The highest BCUT2D eigenvalue weighted by atomic mass is 35.5. The maximum Gasteiger partial charge on any atom is 0.227 e. The summed E-state index contributed by atoms with van der Waals surface area (Å²) in [7, 11) is 1.78. The zero-order valence-corrected chi connectivity index (χ0v) is 20.6. The van der Waals surface area contributed by atoms with Crippen LogP contribution >= 0.6 is 11.6 Å². The fourth-order valence-corrected chi connectivity index (χ4v) is 5.27. The first kappa shape index (κ1) is 23.3. The normalized spacial score (nSPS) is 19.2. The lowest BCUT2D eigenvalue weighted by molar-refractivity contribution is -0.133. The molecule has 2 aliphatic rings. The Kier molecular flexibility index (Phi) is 6.96. The fourth-order valence-electron chi connectivity index (χ4n) is 5.07. The molecule has 0 bridgehead atoms. The van der Waals surface area contributed by atoms with Crippen molar-refractivity contribution in [2.45, 2.75) is 59.3 Å². The molecule has 32 heavy (non-hydrogen) atoms. The van der Waals surface area contributed by atoms with Crippen molar-refractivity contribution in [2.24, 2.45) is 18.4 Å². The van der Waals surface area contributed by atoms with Crippen molar-refractivity contribution in [3.63, 3.8) is 0 Å². The molecule has 0 unspecified atom stereocenters. The van der Waals surface area contributed by atoms with E-state index in [1.54, 1.807) is 11.7 Å². The van der Waals surface area contributed by atoms with Gasteiger partial charge in [-0.15, -0.1) is 0 Å². The third kappa shape index (κ3) is 5.04. The minimum absolute atomic E-state index is 0.116. The Hall–Kier alpha value is -1.86. The molecule has 2 saturated heterocycles. The lowest BCUT2D eigenvalue weighted by Gasteiger charge is -2.47. The summed E-state index contributed by atoms with van der Waals surface area (Å²) < 4.78 is 6.80. The Morgan fingerprint density at radius 1 is 1.19 bits per heavy atom. The molecule has 0 atom stereocenters. The smallest absolute Gasteiger partial charge is 0.227 e. The van der Waals surface area contributed by atoms with Crippen LogP contribution in [-0.2, 0) is 18.3 Å². The zero-order chi connectivity index (χ0) is 22.9. The number of hydrogen-bond acceptors (Lipinski definition) is 5. The number of nitrogens with zero attached hydrogens (tertiary/aromatic N) is 5. The molecule has 0 N–H and O–H groups in total. The van der Waals surface area contributed by atoms with Crippen LogP contribution in [0.2, 0.25) is 5.15 Å². The van der Waals surface area contributed by atoms with Crippen molar-refractivity contribution in [1.29, 1.82) is 0 Å². The van der Waals surface area contributed by atoms with E-state index in [2.05, 4.69) is 29.0 Å². The van der Waals surface area contributed by atoms with Crippen LogP contribution in [0.1, 0.15) is 57.3 Å². The first-order valence-electron chi connectivity index (χ1n) is 11.9. The van der Waals surface area contributed by atoms with Gasteiger partial charge in [0, 0.05) is 31.8 Å². The highest BCUT2D eigenvalue weighted by Gasteiger charge is 2.38. The lowest BCUT2D eigenvalue weighted by Crippen LogP contribution is -2.48. The van der Waals surface area contributed by atoms with Gasteiger partial charge >= 0.3 is 0 Å². The molecule has 8 heteroatoms. The molecule has 2 aliphatic heterocycles. The Morgan fingerprint density at radius 3 is 2.44 bits per heavy atom. The second-order valence-electron chi connectivity index (χ2n) is 10.1. The van der Waals surface area contributed by atoms with Gasteiger partial charge in [0.25, 0.3) is 0 Å². The number of hydrogen-bond donors (Lipinski definition) is 0. The van der Waals surface area contributed by atoms with Crippen molar-refractivity contribution in [2.75, 3.05) is 32.7 Å². The molecular formula is C24H36ClN5O2. The number of rotatable bonds is 6. The van der Waals surface area contributed by atoms with Gasteiger partial charge < -0.3 is 14.3 Å². The maximum absolute atomic E-state index is 13.2. The van der Waals surface area contributed by atoms with Crippen molar-refractivity contribution < 1.29 is 9.32 Å². The summed E-state index contributed by atoms with van der Waals surface area (Å²) in [5, 5.41) is 9.03. The van der Waals surface area contributed by atoms with Crippen molar-refractivity contribution >= 4 is 17.5 Å². The summed E-state index contributed by atoms with van der Waals surface area (Å²) in [6.45, 7) is 11.7. The summed E-state index contributed by atoms with van der Waals surface area (Å²) in [4.78, 5) is 17.8. The molecule has 1 amide bonds. The van der Waals surface area contributed by atoms with Gasteiger partial charge in [0.2, 0.25) is 5.91 Å². The van der Waals surface area contributed by atoms with Crippen LogP contribution in [0.4, 0.5) is 0 Å². The first-order valence-corrected chi connectivity index (χ1v) is 12.3. The van der Waals surface area contributed by atoms with E-state index in [-0.39, 0.29) is 12.3 Å². The number of amides is 1. The quantitative estimate of drug-likeness (QED) is 0.640. The molecular weight excluding hydrogens is 426 g/mol. The first-order chi connectivity index (χ1) is 15.3. The molecule has 0 radical (unpaired) electrons. The lowest BCUT2D eigenvalue weighted by atomic mass is 9.71. The van der Waals surface area contributed by atoms with Crippen molar-refractivity contribution in [3.05, 3.63) is 22.5 Å². The van der Waals surface area contributed by atoms with E-state index in [1.165, 1.54) is 38.9 Å². The molecule has 4 heterocycles. The number of likely N-dealkylation sites (tertiary alicyclic amines) is 2. The summed E-state index contributed by atoms with van der Waals surface area (Å²) in [5.41, 5.74) is 2.39. The zero-order valence-electron chi connectivity index (χ0n) is 19.9. The Labute approximate surface area is 196 Å². The molecule has 2 aromatic rings. The van der Waals surface area contributed by atoms with E-state index < -0.39 is 0 Å². The Balaban J connectivity index is 1.34. The summed E-state index contributed by atoms with van der Waals surface area (Å²) in [6.07, 6.45) is 6.25. The topological polar surface area (TPSA) is 67.4 Å². The van der Waals surface area contributed by atoms with Gasteiger partial charge in [0.05, 0.1) is 6.42 Å². The molecule has 4 rings (SSSR count). The molecule has 0 saturated carbocycles. The Morgan fingerprint density at radius 2 is 1.84 bits per heavy atom. The van der Waals surface area contributed by atoms with E-state index in [0.717, 1.165) is 37.4 Å². The van der Waals surface area contributed by atoms with Gasteiger partial charge in [0.15, 0.2) is 0 Å². The average Bonchev–Trinajstić information content (AvgIpc) is 3.32. The molecule has 2 fully saturated rings. The molecule has 0 aromatic carbocycles. The predicted octanol–water partition coefficient (Wildman–Crippen LogP) is 4.33. The van der Waals surface area contributed by atoms with Gasteiger partial charge in [-0.2, -0.15) is 5.10 Å². The van der Waals surface area contributed by atoms with E-state index >= 15 is 0 Å². The number of aryl methyl sites for hydroxylation is 2. The fraction of sp³-hybridized carbons (Fsp3) is 0.708. The number of halogens is 1.